The van der Waals surface area contributed by atoms with Gasteiger partial charge in [0, 0.05) is 12.3 Å². The quantitative estimate of drug-likeness (QED) is 0.631. The standard InChI is InChI=1S/C12H8BrFN2O3/c1-7-5-6-15-12(10(7)13)19-11-8(14)3-2-4-9(11)16(17)18/h2-6H,1H3. The molecule has 1 aromatic carbocycles. The highest BCUT2D eigenvalue weighted by Crippen LogP contribution is 2.36. The Morgan fingerprint density at radius 2 is 2.16 bits per heavy atom. The predicted octanol–water partition coefficient (Wildman–Crippen LogP) is 3.99. The summed E-state index contributed by atoms with van der Waals surface area (Å²) in [5.41, 5.74) is 0.374. The van der Waals surface area contributed by atoms with Crippen LogP contribution < -0.4 is 4.74 Å². The number of halogens is 2. The number of aromatic nitrogens is 1. The van der Waals surface area contributed by atoms with Gasteiger partial charge in [0.15, 0.2) is 5.82 Å². The summed E-state index contributed by atoms with van der Waals surface area (Å²) in [6.45, 7) is 1.80. The van der Waals surface area contributed by atoms with Gasteiger partial charge >= 0.3 is 5.69 Å². The zero-order valence-electron chi connectivity index (χ0n) is 9.76. The Bertz CT molecular complexity index is 649. The largest absolute Gasteiger partial charge is 0.427 e. The van der Waals surface area contributed by atoms with Crippen LogP contribution in [0.15, 0.2) is 34.9 Å². The number of hydrogen-bond acceptors (Lipinski definition) is 4. The first-order valence-corrected chi connectivity index (χ1v) is 6.02. The summed E-state index contributed by atoms with van der Waals surface area (Å²) in [6, 6.07) is 5.24. The highest BCUT2D eigenvalue weighted by atomic mass is 79.9. The van der Waals surface area contributed by atoms with Gasteiger partial charge in [0.05, 0.1) is 9.40 Å². The molecule has 19 heavy (non-hydrogen) atoms. The Hall–Kier alpha value is -2.02. The molecule has 0 saturated carbocycles. The normalized spacial score (nSPS) is 10.3. The van der Waals surface area contributed by atoms with Crippen molar-refractivity contribution >= 4 is 21.6 Å². The van der Waals surface area contributed by atoms with Gasteiger partial charge in [-0.3, -0.25) is 10.1 Å². The van der Waals surface area contributed by atoms with E-state index in [4.69, 9.17) is 4.74 Å². The molecule has 0 aliphatic heterocycles. The van der Waals surface area contributed by atoms with Crippen LogP contribution in [0.5, 0.6) is 11.6 Å². The van der Waals surface area contributed by atoms with Gasteiger partial charge in [-0.15, -0.1) is 0 Å². The van der Waals surface area contributed by atoms with Gasteiger partial charge < -0.3 is 4.74 Å². The SMILES string of the molecule is Cc1ccnc(Oc2c(F)cccc2[N+](=O)[O-])c1Br. The second kappa shape index (κ2) is 5.31. The van der Waals surface area contributed by atoms with Crippen LogP contribution >= 0.6 is 15.9 Å². The Kier molecular flexibility index (Phi) is 3.75. The third-order valence-corrected chi connectivity index (χ3v) is 3.36. The third kappa shape index (κ3) is 2.70. The molecule has 0 spiro atoms. The summed E-state index contributed by atoms with van der Waals surface area (Å²) < 4.78 is 19.4. The van der Waals surface area contributed by atoms with E-state index in [2.05, 4.69) is 20.9 Å². The van der Waals surface area contributed by atoms with Crippen molar-refractivity contribution in [3.63, 3.8) is 0 Å². The molecular weight excluding hydrogens is 319 g/mol. The molecule has 0 atom stereocenters. The van der Waals surface area contributed by atoms with E-state index in [9.17, 15) is 14.5 Å². The molecule has 0 aliphatic rings. The lowest BCUT2D eigenvalue weighted by Gasteiger charge is -2.08. The van der Waals surface area contributed by atoms with Crippen molar-refractivity contribution < 1.29 is 14.1 Å². The Balaban J connectivity index is 2.49. The summed E-state index contributed by atoms with van der Waals surface area (Å²) >= 11 is 3.24. The number of nitro groups is 1. The maximum atomic E-state index is 13.7. The molecule has 0 amide bonds. The highest BCUT2D eigenvalue weighted by molar-refractivity contribution is 9.10. The van der Waals surface area contributed by atoms with E-state index in [0.29, 0.717) is 4.47 Å². The number of aryl methyl sites for hydroxylation is 1. The molecule has 0 bridgehead atoms. The van der Waals surface area contributed by atoms with Crippen LogP contribution in [0.4, 0.5) is 10.1 Å². The molecular formula is C12H8BrFN2O3. The number of ether oxygens (including phenoxy) is 1. The number of nitro benzene ring substituents is 1. The average Bonchev–Trinajstić information content (AvgIpc) is 2.36. The van der Waals surface area contributed by atoms with Crippen LogP contribution in [0, 0.1) is 22.9 Å². The van der Waals surface area contributed by atoms with Crippen LogP contribution in [0.25, 0.3) is 0 Å². The number of rotatable bonds is 3. The van der Waals surface area contributed by atoms with Crippen LogP contribution in [0.3, 0.4) is 0 Å². The Morgan fingerprint density at radius 1 is 1.42 bits per heavy atom. The van der Waals surface area contributed by atoms with E-state index in [1.165, 1.54) is 18.3 Å². The maximum Gasteiger partial charge on any atom is 0.314 e. The van der Waals surface area contributed by atoms with Gasteiger partial charge in [0.2, 0.25) is 11.6 Å². The molecule has 0 aliphatic carbocycles. The second-order valence-corrected chi connectivity index (χ2v) is 4.49. The fourth-order valence-electron chi connectivity index (χ4n) is 1.43. The van der Waals surface area contributed by atoms with Gasteiger partial charge in [0.25, 0.3) is 0 Å². The van der Waals surface area contributed by atoms with Crippen molar-refractivity contribution in [1.29, 1.82) is 0 Å². The lowest BCUT2D eigenvalue weighted by atomic mass is 10.3. The summed E-state index contributed by atoms with van der Waals surface area (Å²) in [7, 11) is 0. The molecule has 0 fully saturated rings. The van der Waals surface area contributed by atoms with Gasteiger partial charge in [-0.25, -0.2) is 9.37 Å². The zero-order valence-corrected chi connectivity index (χ0v) is 11.3. The van der Waals surface area contributed by atoms with Crippen molar-refractivity contribution in [2.45, 2.75) is 6.92 Å². The smallest absolute Gasteiger partial charge is 0.314 e. The van der Waals surface area contributed by atoms with Crippen molar-refractivity contribution in [1.82, 2.24) is 4.98 Å². The van der Waals surface area contributed by atoms with Crippen LogP contribution in [0.2, 0.25) is 0 Å². The van der Waals surface area contributed by atoms with Gasteiger partial charge in [-0.2, -0.15) is 0 Å². The molecule has 2 rings (SSSR count). The first-order valence-electron chi connectivity index (χ1n) is 5.22. The molecule has 1 aromatic heterocycles. The fourth-order valence-corrected chi connectivity index (χ4v) is 1.74. The molecule has 1 heterocycles. The topological polar surface area (TPSA) is 65.3 Å². The minimum atomic E-state index is -0.815. The van der Waals surface area contributed by atoms with Gasteiger partial charge in [-0.05, 0) is 40.5 Å². The number of pyridine rings is 1. The summed E-state index contributed by atoms with van der Waals surface area (Å²) in [6.07, 6.45) is 1.47. The van der Waals surface area contributed by atoms with Crippen LogP contribution in [-0.2, 0) is 0 Å². The maximum absolute atomic E-state index is 13.7. The molecule has 98 valence electrons. The summed E-state index contributed by atoms with van der Waals surface area (Å²) in [4.78, 5) is 14.1. The first kappa shape index (κ1) is 13.4. The van der Waals surface area contributed by atoms with E-state index in [1.807, 2.05) is 0 Å². The molecule has 0 unspecified atom stereocenters. The van der Waals surface area contributed by atoms with E-state index in [1.54, 1.807) is 13.0 Å². The Morgan fingerprint density at radius 3 is 2.84 bits per heavy atom. The molecule has 2 aromatic rings. The van der Waals surface area contributed by atoms with Gasteiger partial charge in [-0.1, -0.05) is 6.07 Å². The van der Waals surface area contributed by atoms with Crippen LogP contribution in [0.1, 0.15) is 5.56 Å². The number of nitrogens with zero attached hydrogens (tertiary/aromatic N) is 2. The minimum absolute atomic E-state index is 0.0770. The molecule has 7 heteroatoms. The minimum Gasteiger partial charge on any atom is -0.427 e. The summed E-state index contributed by atoms with van der Waals surface area (Å²) in [5, 5.41) is 10.8. The lowest BCUT2D eigenvalue weighted by Crippen LogP contribution is -1.98. The van der Waals surface area contributed by atoms with Crippen molar-refractivity contribution in [2.75, 3.05) is 0 Å². The van der Waals surface area contributed by atoms with Crippen molar-refractivity contribution in [2.24, 2.45) is 0 Å². The first-order chi connectivity index (χ1) is 9.00. The van der Waals surface area contributed by atoms with Crippen molar-refractivity contribution in [3.05, 3.63) is 56.4 Å². The molecule has 5 nitrogen and oxygen atoms in total. The average molecular weight is 327 g/mol. The third-order valence-electron chi connectivity index (χ3n) is 2.39. The fraction of sp³-hybridized carbons (Fsp3) is 0.0833. The highest BCUT2D eigenvalue weighted by Gasteiger charge is 2.21. The zero-order chi connectivity index (χ0) is 14.0. The number of benzene rings is 1. The Labute approximate surface area is 116 Å². The van der Waals surface area contributed by atoms with E-state index < -0.39 is 22.2 Å². The van der Waals surface area contributed by atoms with E-state index in [-0.39, 0.29) is 5.88 Å². The second-order valence-electron chi connectivity index (χ2n) is 3.69. The summed E-state index contributed by atoms with van der Waals surface area (Å²) in [5.74, 6) is -1.19. The van der Waals surface area contributed by atoms with E-state index in [0.717, 1.165) is 11.6 Å². The lowest BCUT2D eigenvalue weighted by molar-refractivity contribution is -0.385. The molecule has 0 saturated heterocycles. The molecule has 0 N–H and O–H groups in total. The van der Waals surface area contributed by atoms with Gasteiger partial charge in [0.1, 0.15) is 0 Å². The van der Waals surface area contributed by atoms with Crippen molar-refractivity contribution in [3.8, 4) is 11.6 Å². The monoisotopic (exact) mass is 326 g/mol. The van der Waals surface area contributed by atoms with E-state index >= 15 is 0 Å². The predicted molar refractivity (Wildman–Crippen MR) is 69.8 cm³/mol. The molecule has 0 radical (unpaired) electrons. The number of para-hydroxylation sites is 1. The number of hydrogen-bond donors (Lipinski definition) is 0. The van der Waals surface area contributed by atoms with Crippen LogP contribution in [-0.4, -0.2) is 9.91 Å².